The highest BCUT2D eigenvalue weighted by atomic mass is 32.2. The Morgan fingerprint density at radius 3 is 2.84 bits per heavy atom. The van der Waals surface area contributed by atoms with E-state index >= 15 is 0 Å². The number of thioether (sulfide) groups is 1. The number of nitrogens with zero attached hydrogens (tertiary/aromatic N) is 4. The van der Waals surface area contributed by atoms with Gasteiger partial charge in [-0.15, -0.1) is 10.2 Å². The van der Waals surface area contributed by atoms with Crippen LogP contribution in [0.1, 0.15) is 20.2 Å². The van der Waals surface area contributed by atoms with Gasteiger partial charge in [0.15, 0.2) is 10.6 Å². The number of aromatic nitrogens is 4. The maximum atomic E-state index is 12.3. The normalized spacial score (nSPS) is 10.8. The Morgan fingerprint density at radius 2 is 2.16 bits per heavy atom. The highest BCUT2D eigenvalue weighted by Gasteiger charge is 2.18. The molecular formula is C15H12N4O4S2. The van der Waals surface area contributed by atoms with Gasteiger partial charge < -0.3 is 10.2 Å². The number of benzene rings is 1. The number of phenols is 2. The molecule has 0 atom stereocenters. The van der Waals surface area contributed by atoms with Crippen molar-refractivity contribution in [2.24, 2.45) is 0 Å². The Hall–Kier alpha value is -2.72. The summed E-state index contributed by atoms with van der Waals surface area (Å²) in [6, 6.07) is 3.87. The van der Waals surface area contributed by atoms with Crippen molar-refractivity contribution in [3.63, 3.8) is 0 Å². The van der Waals surface area contributed by atoms with Gasteiger partial charge in [-0.2, -0.15) is 5.10 Å². The second-order valence-corrected chi connectivity index (χ2v) is 7.37. The summed E-state index contributed by atoms with van der Waals surface area (Å²) in [5.41, 5.74) is 0.417. The van der Waals surface area contributed by atoms with Gasteiger partial charge >= 0.3 is 0 Å². The second kappa shape index (κ2) is 7.03. The lowest BCUT2D eigenvalue weighted by Crippen LogP contribution is -2.13. The van der Waals surface area contributed by atoms with E-state index in [4.69, 9.17) is 0 Å². The Morgan fingerprint density at radius 1 is 1.36 bits per heavy atom. The average Bonchev–Trinajstić information content (AvgIpc) is 3.21. The molecule has 3 rings (SSSR count). The van der Waals surface area contributed by atoms with Crippen LogP contribution in [0.3, 0.4) is 0 Å². The first-order valence-electron chi connectivity index (χ1n) is 7.01. The van der Waals surface area contributed by atoms with E-state index in [1.54, 1.807) is 0 Å². The fraction of sp³-hybridized carbons (Fsp3) is 0.133. The van der Waals surface area contributed by atoms with E-state index in [9.17, 15) is 19.8 Å². The summed E-state index contributed by atoms with van der Waals surface area (Å²) in [5, 5.41) is 32.2. The molecule has 0 aliphatic heterocycles. The minimum absolute atomic E-state index is 0.0695. The molecule has 0 fully saturated rings. The Labute approximate surface area is 150 Å². The van der Waals surface area contributed by atoms with Crippen molar-refractivity contribution in [3.8, 4) is 22.8 Å². The van der Waals surface area contributed by atoms with Crippen molar-refractivity contribution in [1.82, 2.24) is 20.0 Å². The number of rotatable bonds is 5. The Balaban J connectivity index is 1.85. The predicted octanol–water partition coefficient (Wildman–Crippen LogP) is 2.37. The zero-order valence-electron chi connectivity index (χ0n) is 12.9. The molecule has 0 bridgehead atoms. The van der Waals surface area contributed by atoms with Crippen LogP contribution >= 0.6 is 23.1 Å². The fourth-order valence-electron chi connectivity index (χ4n) is 2.05. The van der Waals surface area contributed by atoms with Gasteiger partial charge in [0, 0.05) is 11.8 Å². The first-order valence-corrected chi connectivity index (χ1v) is 8.81. The van der Waals surface area contributed by atoms with E-state index in [-0.39, 0.29) is 40.0 Å². The van der Waals surface area contributed by atoms with Gasteiger partial charge in [-0.3, -0.25) is 9.59 Å². The topological polar surface area (TPSA) is 118 Å². The lowest BCUT2D eigenvalue weighted by atomic mass is 10.1. The van der Waals surface area contributed by atoms with Crippen molar-refractivity contribution >= 4 is 35.3 Å². The quantitative estimate of drug-likeness (QED) is 0.396. The summed E-state index contributed by atoms with van der Waals surface area (Å²) in [4.78, 5) is 23.6. The molecule has 2 heterocycles. The van der Waals surface area contributed by atoms with E-state index in [1.165, 1.54) is 47.5 Å². The molecule has 0 unspecified atom stereocenters. The van der Waals surface area contributed by atoms with E-state index < -0.39 is 0 Å². The third kappa shape index (κ3) is 3.69. The van der Waals surface area contributed by atoms with Crippen molar-refractivity contribution in [1.29, 1.82) is 0 Å². The van der Waals surface area contributed by atoms with Gasteiger partial charge in [0.05, 0.1) is 11.3 Å². The minimum Gasteiger partial charge on any atom is -0.508 e. The van der Waals surface area contributed by atoms with Crippen LogP contribution in [0.15, 0.2) is 28.7 Å². The van der Waals surface area contributed by atoms with Crippen LogP contribution in [0.25, 0.3) is 11.3 Å². The van der Waals surface area contributed by atoms with Gasteiger partial charge in [0.1, 0.15) is 22.2 Å². The van der Waals surface area contributed by atoms with Gasteiger partial charge in [0.2, 0.25) is 0 Å². The number of aldehydes is 1. The van der Waals surface area contributed by atoms with Crippen LogP contribution < -0.4 is 0 Å². The number of phenolic OH excluding ortho intramolecular Hbond substituents is 2. The maximum Gasteiger partial charge on any atom is 0.257 e. The van der Waals surface area contributed by atoms with Crippen LogP contribution in [0.2, 0.25) is 0 Å². The van der Waals surface area contributed by atoms with Crippen molar-refractivity contribution in [2.75, 3.05) is 5.75 Å². The summed E-state index contributed by atoms with van der Waals surface area (Å²) in [6.07, 6.45) is 1.83. The molecule has 8 nitrogen and oxygen atoms in total. The summed E-state index contributed by atoms with van der Waals surface area (Å²) >= 11 is 2.61. The summed E-state index contributed by atoms with van der Waals surface area (Å²) < 4.78 is 1.71. The SMILES string of the molecule is Cc1nnc(SCC(=O)n2cc(C=O)c(-c3cc(O)ccc3O)n2)s1. The van der Waals surface area contributed by atoms with Gasteiger partial charge in [-0.05, 0) is 25.1 Å². The molecule has 10 heteroatoms. The molecule has 0 amide bonds. The van der Waals surface area contributed by atoms with Crippen LogP contribution in [-0.2, 0) is 0 Å². The highest BCUT2D eigenvalue weighted by Crippen LogP contribution is 2.33. The van der Waals surface area contributed by atoms with Crippen LogP contribution in [0.5, 0.6) is 11.5 Å². The third-order valence-electron chi connectivity index (χ3n) is 3.19. The molecule has 2 N–H and O–H groups in total. The Kier molecular flexibility index (Phi) is 4.81. The van der Waals surface area contributed by atoms with Crippen molar-refractivity contribution in [3.05, 3.63) is 35.0 Å². The molecule has 0 radical (unpaired) electrons. The molecule has 0 saturated heterocycles. The van der Waals surface area contributed by atoms with Gasteiger partial charge in [-0.25, -0.2) is 4.68 Å². The van der Waals surface area contributed by atoms with Crippen molar-refractivity contribution in [2.45, 2.75) is 11.3 Å². The number of aryl methyl sites for hydroxylation is 1. The minimum atomic E-state index is -0.355. The molecule has 128 valence electrons. The van der Waals surface area contributed by atoms with Crippen LogP contribution in [-0.4, -0.2) is 48.1 Å². The van der Waals surface area contributed by atoms with Crippen LogP contribution in [0.4, 0.5) is 0 Å². The average molecular weight is 376 g/mol. The van der Waals surface area contributed by atoms with Gasteiger partial charge in [0.25, 0.3) is 5.91 Å². The molecule has 25 heavy (non-hydrogen) atoms. The zero-order valence-corrected chi connectivity index (χ0v) is 14.5. The van der Waals surface area contributed by atoms with E-state index in [2.05, 4.69) is 15.3 Å². The van der Waals surface area contributed by atoms with E-state index in [1.807, 2.05) is 6.92 Å². The molecular weight excluding hydrogens is 364 g/mol. The molecule has 3 aromatic rings. The first kappa shape index (κ1) is 17.1. The number of aromatic hydroxyl groups is 2. The molecule has 2 aromatic heterocycles. The molecule has 0 aliphatic carbocycles. The number of hydrogen-bond donors (Lipinski definition) is 2. The lowest BCUT2D eigenvalue weighted by molar-refractivity contribution is 0.0927. The van der Waals surface area contributed by atoms with Crippen molar-refractivity contribution < 1.29 is 19.8 Å². The number of carbonyl (C=O) groups is 2. The monoisotopic (exact) mass is 376 g/mol. The lowest BCUT2D eigenvalue weighted by Gasteiger charge is -2.03. The van der Waals surface area contributed by atoms with Crippen LogP contribution in [0, 0.1) is 6.92 Å². The fourth-order valence-corrected chi connectivity index (χ4v) is 3.72. The second-order valence-electron chi connectivity index (χ2n) is 4.97. The smallest absolute Gasteiger partial charge is 0.257 e. The van der Waals surface area contributed by atoms with E-state index in [0.29, 0.717) is 10.6 Å². The first-order chi connectivity index (χ1) is 12.0. The number of hydrogen-bond acceptors (Lipinski definition) is 9. The van der Waals surface area contributed by atoms with E-state index in [0.717, 1.165) is 9.69 Å². The summed E-state index contributed by atoms with van der Waals surface area (Å²) in [6.45, 7) is 1.82. The maximum absolute atomic E-state index is 12.3. The predicted molar refractivity (Wildman–Crippen MR) is 92.4 cm³/mol. The highest BCUT2D eigenvalue weighted by molar-refractivity contribution is 8.01. The standard InChI is InChI=1S/C15H12N4O4S2/c1-8-16-17-15(25-8)24-7-13(23)19-5-9(6-20)14(18-19)11-4-10(21)2-3-12(11)22/h2-6,21-22H,7H2,1H3. The number of carbonyl (C=O) groups excluding carboxylic acids is 2. The largest absolute Gasteiger partial charge is 0.508 e. The molecule has 1 aromatic carbocycles. The zero-order chi connectivity index (χ0) is 18.0. The summed E-state index contributed by atoms with van der Waals surface area (Å²) in [7, 11) is 0. The summed E-state index contributed by atoms with van der Waals surface area (Å²) in [5.74, 6) is -0.531. The Bertz CT molecular complexity index is 951. The third-order valence-corrected chi connectivity index (χ3v) is 5.14. The molecule has 0 spiro atoms. The molecule has 0 aliphatic rings. The molecule has 0 saturated carbocycles. The van der Waals surface area contributed by atoms with Gasteiger partial charge in [-0.1, -0.05) is 23.1 Å².